The molecule has 2 unspecified atom stereocenters. The van der Waals surface area contributed by atoms with Crippen LogP contribution in [0, 0.1) is 10.1 Å². The molecular formula is C14H18N2O5. The molecule has 1 saturated heterocycles. The lowest BCUT2D eigenvalue weighted by molar-refractivity contribution is -0.385. The molecule has 0 saturated carbocycles. The Labute approximate surface area is 122 Å². The van der Waals surface area contributed by atoms with E-state index in [1.807, 2.05) is 13.8 Å². The average Bonchev–Trinajstić information content (AvgIpc) is 2.46. The Morgan fingerprint density at radius 3 is 2.86 bits per heavy atom. The Hall–Kier alpha value is -2.15. The van der Waals surface area contributed by atoms with Crippen LogP contribution in [0.1, 0.15) is 30.6 Å². The number of benzene rings is 1. The fourth-order valence-electron chi connectivity index (χ4n) is 2.53. The summed E-state index contributed by atoms with van der Waals surface area (Å²) in [6.07, 6.45) is 0.891. The first-order chi connectivity index (χ1) is 9.93. The van der Waals surface area contributed by atoms with Crippen molar-refractivity contribution in [3.8, 4) is 0 Å². The van der Waals surface area contributed by atoms with Crippen LogP contribution in [-0.2, 0) is 4.74 Å². The van der Waals surface area contributed by atoms with Crippen LogP contribution in [-0.4, -0.2) is 41.3 Å². The molecule has 1 aliphatic rings. The first-order valence-electron chi connectivity index (χ1n) is 6.84. The third-order valence-electron chi connectivity index (χ3n) is 3.68. The lowest BCUT2D eigenvalue weighted by Gasteiger charge is -2.40. The molecule has 1 aromatic rings. The number of nitro benzene ring substituents is 1. The van der Waals surface area contributed by atoms with Gasteiger partial charge < -0.3 is 14.7 Å². The number of rotatable bonds is 4. The molecule has 1 N–H and O–H groups in total. The zero-order valence-corrected chi connectivity index (χ0v) is 12.0. The topological polar surface area (TPSA) is 92.9 Å². The van der Waals surface area contributed by atoms with Crippen molar-refractivity contribution in [3.05, 3.63) is 33.9 Å². The Morgan fingerprint density at radius 1 is 1.57 bits per heavy atom. The number of carboxylic acid groups (broad SMARTS) is 1. The highest BCUT2D eigenvalue weighted by molar-refractivity contribution is 5.93. The molecule has 0 bridgehead atoms. The third-order valence-corrected chi connectivity index (χ3v) is 3.68. The average molecular weight is 294 g/mol. The van der Waals surface area contributed by atoms with Crippen molar-refractivity contribution in [1.29, 1.82) is 0 Å². The van der Waals surface area contributed by atoms with Crippen molar-refractivity contribution in [2.24, 2.45) is 0 Å². The van der Waals surface area contributed by atoms with E-state index >= 15 is 0 Å². The molecule has 0 aromatic heterocycles. The van der Waals surface area contributed by atoms with Crippen LogP contribution in [0.25, 0.3) is 0 Å². The molecule has 2 rings (SSSR count). The highest BCUT2D eigenvalue weighted by Gasteiger charge is 2.28. The maximum absolute atomic E-state index is 11.2. The van der Waals surface area contributed by atoms with E-state index in [0.717, 1.165) is 6.42 Å². The maximum atomic E-state index is 11.2. The minimum Gasteiger partial charge on any atom is -0.477 e. The summed E-state index contributed by atoms with van der Waals surface area (Å²) in [4.78, 5) is 23.5. The summed E-state index contributed by atoms with van der Waals surface area (Å²) in [7, 11) is 0. The minimum absolute atomic E-state index is 0.0382. The molecule has 7 nitrogen and oxygen atoms in total. The third kappa shape index (κ3) is 3.13. The minimum atomic E-state index is -1.29. The van der Waals surface area contributed by atoms with Gasteiger partial charge in [-0.2, -0.15) is 0 Å². The van der Waals surface area contributed by atoms with E-state index in [0.29, 0.717) is 18.8 Å². The van der Waals surface area contributed by atoms with E-state index in [1.54, 1.807) is 6.07 Å². The molecule has 0 aliphatic carbocycles. The van der Waals surface area contributed by atoms with Gasteiger partial charge in [-0.05, 0) is 25.5 Å². The Morgan fingerprint density at radius 2 is 2.29 bits per heavy atom. The highest BCUT2D eigenvalue weighted by atomic mass is 16.6. The summed E-state index contributed by atoms with van der Waals surface area (Å²) >= 11 is 0. The van der Waals surface area contributed by atoms with Crippen LogP contribution in [0.5, 0.6) is 0 Å². The molecule has 21 heavy (non-hydrogen) atoms. The Bertz CT molecular complexity index is 560. The van der Waals surface area contributed by atoms with Crippen molar-refractivity contribution in [3.63, 3.8) is 0 Å². The number of carbonyl (C=O) groups is 1. The summed E-state index contributed by atoms with van der Waals surface area (Å²) in [6, 6.07) is 4.38. The second kappa shape index (κ2) is 6.09. The number of aromatic carboxylic acids is 1. The van der Waals surface area contributed by atoms with Gasteiger partial charge in [-0.1, -0.05) is 6.92 Å². The maximum Gasteiger partial charge on any atom is 0.342 e. The zero-order chi connectivity index (χ0) is 15.6. The summed E-state index contributed by atoms with van der Waals surface area (Å²) < 4.78 is 5.61. The number of hydrogen-bond donors (Lipinski definition) is 1. The first-order valence-corrected chi connectivity index (χ1v) is 6.84. The fourth-order valence-corrected chi connectivity index (χ4v) is 2.53. The molecule has 0 radical (unpaired) electrons. The van der Waals surface area contributed by atoms with Gasteiger partial charge in [-0.15, -0.1) is 0 Å². The molecule has 1 aromatic carbocycles. The second-order valence-electron chi connectivity index (χ2n) is 5.12. The normalized spacial score (nSPS) is 22.1. The van der Waals surface area contributed by atoms with E-state index in [-0.39, 0.29) is 23.4 Å². The zero-order valence-electron chi connectivity index (χ0n) is 12.0. The second-order valence-corrected chi connectivity index (χ2v) is 5.12. The molecule has 1 heterocycles. The van der Waals surface area contributed by atoms with Gasteiger partial charge in [-0.3, -0.25) is 10.1 Å². The molecule has 2 atom stereocenters. The first kappa shape index (κ1) is 15.2. The number of carboxylic acids is 1. The molecule has 1 fully saturated rings. The summed E-state index contributed by atoms with van der Waals surface area (Å²) in [6.45, 7) is 5.18. The summed E-state index contributed by atoms with van der Waals surface area (Å²) in [5.41, 5.74) is 0.00658. The van der Waals surface area contributed by atoms with Crippen LogP contribution in [0.4, 0.5) is 11.4 Å². The number of morpholine rings is 1. The molecule has 0 spiro atoms. The summed E-state index contributed by atoms with van der Waals surface area (Å²) in [5, 5.41) is 20.1. The number of hydrogen-bond acceptors (Lipinski definition) is 5. The smallest absolute Gasteiger partial charge is 0.342 e. The van der Waals surface area contributed by atoms with Crippen molar-refractivity contribution < 1.29 is 19.6 Å². The molecule has 0 amide bonds. The van der Waals surface area contributed by atoms with Crippen LogP contribution < -0.4 is 4.90 Å². The lowest BCUT2D eigenvalue weighted by Crippen LogP contribution is -2.48. The molecule has 1 aliphatic heterocycles. The number of ether oxygens (including phenoxy) is 1. The van der Waals surface area contributed by atoms with Crippen molar-refractivity contribution in [1.82, 2.24) is 0 Å². The van der Waals surface area contributed by atoms with Crippen molar-refractivity contribution >= 4 is 17.3 Å². The SMILES string of the molecule is CCC1COC(C)CN1c1ccc([N+](=O)[O-])c(C(=O)O)c1. The van der Waals surface area contributed by atoms with E-state index in [2.05, 4.69) is 4.90 Å². The van der Waals surface area contributed by atoms with Crippen LogP contribution in [0.2, 0.25) is 0 Å². The predicted octanol–water partition coefficient (Wildman–Crippen LogP) is 2.30. The van der Waals surface area contributed by atoms with E-state index < -0.39 is 10.9 Å². The highest BCUT2D eigenvalue weighted by Crippen LogP contribution is 2.29. The van der Waals surface area contributed by atoms with Gasteiger partial charge in [0, 0.05) is 18.3 Å². The van der Waals surface area contributed by atoms with Crippen LogP contribution in [0.15, 0.2) is 18.2 Å². The molecule has 114 valence electrons. The van der Waals surface area contributed by atoms with E-state index in [1.165, 1.54) is 12.1 Å². The molecular weight excluding hydrogens is 276 g/mol. The Balaban J connectivity index is 2.41. The number of nitrogens with zero attached hydrogens (tertiary/aromatic N) is 2. The van der Waals surface area contributed by atoms with Crippen LogP contribution in [0.3, 0.4) is 0 Å². The largest absolute Gasteiger partial charge is 0.477 e. The van der Waals surface area contributed by atoms with Crippen LogP contribution >= 0.6 is 0 Å². The predicted molar refractivity (Wildman–Crippen MR) is 76.9 cm³/mol. The summed E-state index contributed by atoms with van der Waals surface area (Å²) in [5.74, 6) is -1.29. The number of nitro groups is 1. The van der Waals surface area contributed by atoms with Gasteiger partial charge in [0.15, 0.2) is 0 Å². The van der Waals surface area contributed by atoms with Crippen molar-refractivity contribution in [2.45, 2.75) is 32.4 Å². The van der Waals surface area contributed by atoms with Gasteiger partial charge >= 0.3 is 5.97 Å². The van der Waals surface area contributed by atoms with Crippen molar-refractivity contribution in [2.75, 3.05) is 18.1 Å². The fraction of sp³-hybridized carbons (Fsp3) is 0.500. The monoisotopic (exact) mass is 294 g/mol. The number of anilines is 1. The van der Waals surface area contributed by atoms with E-state index in [9.17, 15) is 14.9 Å². The van der Waals surface area contributed by atoms with E-state index in [4.69, 9.17) is 9.84 Å². The quantitative estimate of drug-likeness (QED) is 0.676. The van der Waals surface area contributed by atoms with Gasteiger partial charge in [0.25, 0.3) is 5.69 Å². The lowest BCUT2D eigenvalue weighted by atomic mass is 10.1. The molecule has 7 heteroatoms. The van der Waals surface area contributed by atoms with Gasteiger partial charge in [0.2, 0.25) is 0 Å². The van der Waals surface area contributed by atoms with Gasteiger partial charge in [-0.25, -0.2) is 4.79 Å². The van der Waals surface area contributed by atoms with Gasteiger partial charge in [0.05, 0.1) is 23.7 Å². The standard InChI is InChI=1S/C14H18N2O5/c1-3-10-8-21-9(2)7-15(10)11-4-5-13(16(19)20)12(6-11)14(17)18/h4-6,9-10H,3,7-8H2,1-2H3,(H,17,18). The van der Waals surface area contributed by atoms with Gasteiger partial charge in [0.1, 0.15) is 5.56 Å². The Kier molecular flexibility index (Phi) is 4.42.